The van der Waals surface area contributed by atoms with Gasteiger partial charge in [-0.2, -0.15) is 9.61 Å². The molecule has 35 heavy (non-hydrogen) atoms. The summed E-state index contributed by atoms with van der Waals surface area (Å²) < 4.78 is 43.1. The number of hydrogen-bond donors (Lipinski definition) is 3. The molecule has 0 spiro atoms. The van der Waals surface area contributed by atoms with Crippen molar-refractivity contribution in [3.63, 3.8) is 0 Å². The molecule has 1 aliphatic carbocycles. The van der Waals surface area contributed by atoms with E-state index in [1.807, 2.05) is 0 Å². The molecule has 0 bridgehead atoms. The molecule has 3 aromatic rings. The summed E-state index contributed by atoms with van der Waals surface area (Å²) in [4.78, 5) is 29.0. The van der Waals surface area contributed by atoms with Crippen LogP contribution >= 0.6 is 0 Å². The molecule has 2 fully saturated rings. The number of aromatic nitrogens is 3. The molecular formula is C23H19F3N6O3. The summed E-state index contributed by atoms with van der Waals surface area (Å²) in [7, 11) is 0. The molecule has 2 amide bonds. The SMILES string of the molecule is C=C1NC(=O)C/C1=C\c1cnn2c(NC3CC3)cc(NC(=O)c3cccc(OC(F)(F)F)c3)nc12. The van der Waals surface area contributed by atoms with Crippen LogP contribution in [0.15, 0.2) is 54.4 Å². The normalized spacial score (nSPS) is 17.1. The second-order valence-electron chi connectivity index (χ2n) is 8.18. The van der Waals surface area contributed by atoms with Gasteiger partial charge >= 0.3 is 6.36 Å². The number of ether oxygens (including phenoxy) is 1. The van der Waals surface area contributed by atoms with E-state index >= 15 is 0 Å². The average Bonchev–Trinajstić information content (AvgIpc) is 3.41. The molecule has 180 valence electrons. The Morgan fingerprint density at radius 3 is 2.77 bits per heavy atom. The highest BCUT2D eigenvalue weighted by molar-refractivity contribution is 6.04. The fourth-order valence-electron chi connectivity index (χ4n) is 3.61. The number of hydrogen-bond acceptors (Lipinski definition) is 6. The monoisotopic (exact) mass is 484 g/mol. The molecule has 9 nitrogen and oxygen atoms in total. The van der Waals surface area contributed by atoms with E-state index in [0.717, 1.165) is 25.0 Å². The smallest absolute Gasteiger partial charge is 0.406 e. The van der Waals surface area contributed by atoms with E-state index in [1.54, 1.807) is 22.9 Å². The first-order chi connectivity index (χ1) is 16.6. The van der Waals surface area contributed by atoms with E-state index in [1.165, 1.54) is 12.1 Å². The molecule has 0 atom stereocenters. The Balaban J connectivity index is 1.47. The minimum Gasteiger partial charge on any atom is -0.406 e. The van der Waals surface area contributed by atoms with Gasteiger partial charge in [0, 0.05) is 28.9 Å². The van der Waals surface area contributed by atoms with Gasteiger partial charge in [-0.25, -0.2) is 4.98 Å². The second kappa shape index (κ2) is 8.46. The van der Waals surface area contributed by atoms with Crippen LogP contribution in [0, 0.1) is 0 Å². The van der Waals surface area contributed by atoms with Crippen LogP contribution in [0.1, 0.15) is 35.2 Å². The van der Waals surface area contributed by atoms with Crippen molar-refractivity contribution in [1.29, 1.82) is 0 Å². The Bertz CT molecular complexity index is 1390. The molecule has 0 radical (unpaired) electrons. The van der Waals surface area contributed by atoms with Gasteiger partial charge in [0.1, 0.15) is 17.4 Å². The van der Waals surface area contributed by atoms with Gasteiger partial charge in [0.05, 0.1) is 12.6 Å². The number of alkyl halides is 3. The zero-order valence-corrected chi connectivity index (χ0v) is 18.1. The van der Waals surface area contributed by atoms with Crippen LogP contribution in [-0.4, -0.2) is 38.8 Å². The number of amides is 2. The Morgan fingerprint density at radius 2 is 2.09 bits per heavy atom. The van der Waals surface area contributed by atoms with Gasteiger partial charge < -0.3 is 20.7 Å². The molecule has 3 N–H and O–H groups in total. The minimum atomic E-state index is -4.87. The standard InChI is InChI=1S/C23H19F3N6O3/c1-12-14(9-20(33)28-12)7-15-11-27-32-19(29-16-5-6-16)10-18(30-21(15)32)31-22(34)13-3-2-4-17(8-13)35-23(24,25)26/h2-4,7-8,10-11,16,29H,1,5-6,9H2,(H,28,33)(H,30,31,34)/b14-7+. The number of nitrogens with zero attached hydrogens (tertiary/aromatic N) is 3. The first-order valence-corrected chi connectivity index (χ1v) is 10.7. The third kappa shape index (κ3) is 5.10. The Labute approximate surface area is 196 Å². The maximum Gasteiger partial charge on any atom is 0.573 e. The van der Waals surface area contributed by atoms with Crippen LogP contribution < -0.4 is 20.7 Å². The molecule has 5 rings (SSSR count). The van der Waals surface area contributed by atoms with Crippen LogP contribution in [-0.2, 0) is 4.79 Å². The van der Waals surface area contributed by atoms with Crippen LogP contribution in [0.25, 0.3) is 11.7 Å². The summed E-state index contributed by atoms with van der Waals surface area (Å²) in [6, 6.07) is 6.62. The molecule has 2 aromatic heterocycles. The quantitative estimate of drug-likeness (QED) is 0.490. The van der Waals surface area contributed by atoms with Crippen LogP contribution in [0.2, 0.25) is 0 Å². The van der Waals surface area contributed by atoms with E-state index in [2.05, 4.69) is 37.3 Å². The summed E-state index contributed by atoms with van der Waals surface area (Å²) >= 11 is 0. The predicted octanol–water partition coefficient (Wildman–Crippen LogP) is 3.87. The lowest BCUT2D eigenvalue weighted by Gasteiger charge is -2.12. The number of fused-ring (bicyclic) bond motifs is 1. The fraction of sp³-hybridized carbons (Fsp3) is 0.217. The van der Waals surface area contributed by atoms with Crippen molar-refractivity contribution in [3.05, 3.63) is 65.5 Å². The minimum absolute atomic E-state index is 0.0344. The summed E-state index contributed by atoms with van der Waals surface area (Å²) in [6.07, 6.45) is 0.624. The molecule has 1 saturated heterocycles. The van der Waals surface area contributed by atoms with Crippen LogP contribution in [0.3, 0.4) is 0 Å². The molecular weight excluding hydrogens is 465 g/mol. The number of carbonyl (C=O) groups is 2. The van der Waals surface area contributed by atoms with Gasteiger partial charge in [0.25, 0.3) is 5.91 Å². The largest absolute Gasteiger partial charge is 0.573 e. The van der Waals surface area contributed by atoms with Gasteiger partial charge in [0.15, 0.2) is 5.65 Å². The number of carbonyl (C=O) groups excluding carboxylic acids is 2. The number of rotatable bonds is 6. The third-order valence-corrected chi connectivity index (χ3v) is 5.36. The van der Waals surface area contributed by atoms with Crippen molar-refractivity contribution >= 4 is 35.2 Å². The van der Waals surface area contributed by atoms with E-state index in [4.69, 9.17) is 0 Å². The zero-order chi connectivity index (χ0) is 24.7. The van der Waals surface area contributed by atoms with Gasteiger partial charge in [0.2, 0.25) is 5.91 Å². The van der Waals surface area contributed by atoms with Crippen molar-refractivity contribution in [2.24, 2.45) is 0 Å². The number of anilines is 2. The summed E-state index contributed by atoms with van der Waals surface area (Å²) in [5.74, 6) is -0.565. The molecule has 1 saturated carbocycles. The third-order valence-electron chi connectivity index (χ3n) is 5.36. The predicted molar refractivity (Wildman–Crippen MR) is 121 cm³/mol. The maximum atomic E-state index is 12.8. The molecule has 0 unspecified atom stereocenters. The maximum absolute atomic E-state index is 12.8. The van der Waals surface area contributed by atoms with E-state index < -0.39 is 18.0 Å². The number of nitrogens with one attached hydrogen (secondary N) is 3. The summed E-state index contributed by atoms with van der Waals surface area (Å²) in [6.45, 7) is 3.83. The van der Waals surface area contributed by atoms with Gasteiger partial charge in [-0.3, -0.25) is 9.59 Å². The molecule has 12 heteroatoms. The first kappa shape index (κ1) is 22.4. The second-order valence-corrected chi connectivity index (χ2v) is 8.18. The highest BCUT2D eigenvalue weighted by Gasteiger charge is 2.31. The number of benzene rings is 1. The van der Waals surface area contributed by atoms with Crippen molar-refractivity contribution in [1.82, 2.24) is 19.9 Å². The lowest BCUT2D eigenvalue weighted by Crippen LogP contribution is -2.18. The Kier molecular flexibility index (Phi) is 5.42. The summed E-state index contributed by atoms with van der Waals surface area (Å²) in [5.41, 5.74) is 2.18. The Hall–Kier alpha value is -4.35. The van der Waals surface area contributed by atoms with E-state index in [-0.39, 0.29) is 29.8 Å². The number of halogens is 3. The van der Waals surface area contributed by atoms with Gasteiger partial charge in [-0.05, 0) is 42.7 Å². The summed E-state index contributed by atoms with van der Waals surface area (Å²) in [5, 5.41) is 13.0. The number of allylic oxidation sites excluding steroid dienone is 1. The average molecular weight is 484 g/mol. The topological polar surface area (TPSA) is 110 Å². The lowest BCUT2D eigenvalue weighted by molar-refractivity contribution is -0.274. The van der Waals surface area contributed by atoms with Crippen molar-refractivity contribution in [3.8, 4) is 5.75 Å². The highest BCUT2D eigenvalue weighted by atomic mass is 19.4. The van der Waals surface area contributed by atoms with Crippen molar-refractivity contribution in [2.45, 2.75) is 31.7 Å². The van der Waals surface area contributed by atoms with E-state index in [0.29, 0.717) is 28.3 Å². The van der Waals surface area contributed by atoms with Crippen LogP contribution in [0.5, 0.6) is 5.75 Å². The fourth-order valence-corrected chi connectivity index (χ4v) is 3.61. The zero-order valence-electron chi connectivity index (χ0n) is 18.1. The van der Waals surface area contributed by atoms with Crippen molar-refractivity contribution < 1.29 is 27.5 Å². The van der Waals surface area contributed by atoms with E-state index in [9.17, 15) is 22.8 Å². The lowest BCUT2D eigenvalue weighted by atomic mass is 10.1. The highest BCUT2D eigenvalue weighted by Crippen LogP contribution is 2.29. The molecule has 3 heterocycles. The Morgan fingerprint density at radius 1 is 1.29 bits per heavy atom. The van der Waals surface area contributed by atoms with Crippen LogP contribution in [0.4, 0.5) is 24.8 Å². The molecule has 1 aliphatic heterocycles. The molecule has 2 aliphatic rings. The van der Waals surface area contributed by atoms with Gasteiger partial charge in [-0.1, -0.05) is 12.6 Å². The first-order valence-electron chi connectivity index (χ1n) is 10.7. The molecule has 1 aromatic carbocycles. The van der Waals surface area contributed by atoms with Crippen molar-refractivity contribution in [2.75, 3.05) is 10.6 Å². The van der Waals surface area contributed by atoms with Gasteiger partial charge in [-0.15, -0.1) is 13.2 Å².